The lowest BCUT2D eigenvalue weighted by molar-refractivity contribution is -0.116. The fraction of sp³-hybridized carbons (Fsp3) is 0.368. The maximum atomic E-state index is 12.2. The van der Waals surface area contributed by atoms with Crippen LogP contribution in [-0.4, -0.2) is 28.9 Å². The largest absolute Gasteiger partial charge is 0.490 e. The highest BCUT2D eigenvalue weighted by molar-refractivity contribution is 5.94. The SMILES string of the molecule is C#CCOc1ccc(C2CC(=O)Nc3c2c(C)nn3C)cc1OCC. The Hall–Kier alpha value is -2.94. The van der Waals surface area contributed by atoms with E-state index in [1.807, 2.05) is 39.1 Å². The number of ether oxygens (including phenoxy) is 2. The van der Waals surface area contributed by atoms with Crippen LogP contribution in [-0.2, 0) is 11.8 Å². The van der Waals surface area contributed by atoms with Gasteiger partial charge in [-0.15, -0.1) is 6.42 Å². The summed E-state index contributed by atoms with van der Waals surface area (Å²) in [5.74, 6) is 4.34. The Bertz CT molecular complexity index is 848. The van der Waals surface area contributed by atoms with Crippen molar-refractivity contribution in [2.75, 3.05) is 18.5 Å². The second kappa shape index (κ2) is 6.89. The third kappa shape index (κ3) is 3.18. The molecule has 130 valence electrons. The van der Waals surface area contributed by atoms with Crippen LogP contribution >= 0.6 is 0 Å². The van der Waals surface area contributed by atoms with Crippen LogP contribution in [0.1, 0.15) is 36.1 Å². The molecule has 0 bridgehead atoms. The monoisotopic (exact) mass is 339 g/mol. The molecule has 2 aromatic rings. The maximum absolute atomic E-state index is 12.2. The van der Waals surface area contributed by atoms with Crippen molar-refractivity contribution in [3.05, 3.63) is 35.0 Å². The molecule has 1 atom stereocenters. The van der Waals surface area contributed by atoms with Crippen LogP contribution in [0.15, 0.2) is 18.2 Å². The molecule has 1 amide bonds. The summed E-state index contributed by atoms with van der Waals surface area (Å²) >= 11 is 0. The molecule has 0 aliphatic carbocycles. The Morgan fingerprint density at radius 3 is 2.92 bits per heavy atom. The molecule has 3 rings (SSSR count). The van der Waals surface area contributed by atoms with Crippen LogP contribution < -0.4 is 14.8 Å². The molecule has 1 aliphatic rings. The van der Waals surface area contributed by atoms with Gasteiger partial charge in [-0.3, -0.25) is 9.48 Å². The van der Waals surface area contributed by atoms with E-state index in [1.54, 1.807) is 4.68 Å². The normalized spacial score (nSPS) is 15.9. The van der Waals surface area contributed by atoms with Crippen molar-refractivity contribution in [2.24, 2.45) is 7.05 Å². The van der Waals surface area contributed by atoms with E-state index in [1.165, 1.54) is 0 Å². The van der Waals surface area contributed by atoms with E-state index in [4.69, 9.17) is 15.9 Å². The lowest BCUT2D eigenvalue weighted by Crippen LogP contribution is -2.24. The number of anilines is 1. The smallest absolute Gasteiger partial charge is 0.226 e. The highest BCUT2D eigenvalue weighted by Gasteiger charge is 2.32. The summed E-state index contributed by atoms with van der Waals surface area (Å²) in [4.78, 5) is 12.2. The lowest BCUT2D eigenvalue weighted by Gasteiger charge is -2.24. The highest BCUT2D eigenvalue weighted by atomic mass is 16.5. The highest BCUT2D eigenvalue weighted by Crippen LogP contribution is 2.41. The number of carbonyl (C=O) groups is 1. The summed E-state index contributed by atoms with van der Waals surface area (Å²) in [6, 6.07) is 5.72. The van der Waals surface area contributed by atoms with E-state index < -0.39 is 0 Å². The number of nitrogens with one attached hydrogen (secondary N) is 1. The van der Waals surface area contributed by atoms with Gasteiger partial charge in [0.15, 0.2) is 11.5 Å². The Morgan fingerprint density at radius 2 is 2.20 bits per heavy atom. The summed E-state index contributed by atoms with van der Waals surface area (Å²) in [6.45, 7) is 4.56. The topological polar surface area (TPSA) is 65.4 Å². The van der Waals surface area contributed by atoms with Crippen LogP contribution in [0.5, 0.6) is 11.5 Å². The van der Waals surface area contributed by atoms with Gasteiger partial charge in [-0.05, 0) is 31.5 Å². The van der Waals surface area contributed by atoms with Crippen molar-refractivity contribution in [1.82, 2.24) is 9.78 Å². The fourth-order valence-electron chi connectivity index (χ4n) is 3.24. The molecule has 2 heterocycles. The zero-order valence-electron chi connectivity index (χ0n) is 14.6. The molecule has 1 aliphatic heterocycles. The Labute approximate surface area is 147 Å². The van der Waals surface area contributed by atoms with Crippen molar-refractivity contribution in [2.45, 2.75) is 26.2 Å². The van der Waals surface area contributed by atoms with Crippen LogP contribution in [0.2, 0.25) is 0 Å². The first-order valence-corrected chi connectivity index (χ1v) is 8.21. The molecule has 0 saturated carbocycles. The minimum absolute atomic E-state index is 0.0221. The van der Waals surface area contributed by atoms with Crippen LogP contribution in [0.4, 0.5) is 5.82 Å². The molecule has 25 heavy (non-hydrogen) atoms. The van der Waals surface area contributed by atoms with Gasteiger partial charge in [0, 0.05) is 24.9 Å². The third-order valence-electron chi connectivity index (χ3n) is 4.25. The van der Waals surface area contributed by atoms with Gasteiger partial charge < -0.3 is 14.8 Å². The fourth-order valence-corrected chi connectivity index (χ4v) is 3.24. The molecule has 0 fully saturated rings. The molecular weight excluding hydrogens is 318 g/mol. The van der Waals surface area contributed by atoms with Gasteiger partial charge in [0.2, 0.25) is 5.91 Å². The summed E-state index contributed by atoms with van der Waals surface area (Å²) in [5, 5.41) is 7.35. The molecule has 6 nitrogen and oxygen atoms in total. The molecule has 6 heteroatoms. The number of carbonyl (C=O) groups excluding carboxylic acids is 1. The molecular formula is C19H21N3O3. The first kappa shape index (κ1) is 16.9. The number of rotatable bonds is 5. The second-order valence-electron chi connectivity index (χ2n) is 5.91. The summed E-state index contributed by atoms with van der Waals surface area (Å²) in [5.41, 5.74) is 2.94. The molecule has 1 aromatic carbocycles. The first-order valence-electron chi connectivity index (χ1n) is 8.21. The zero-order valence-corrected chi connectivity index (χ0v) is 14.6. The number of benzene rings is 1. The van der Waals surface area contributed by atoms with Crippen LogP contribution in [0, 0.1) is 19.3 Å². The number of aromatic nitrogens is 2. The average Bonchev–Trinajstić information content (AvgIpc) is 2.87. The number of amides is 1. The molecule has 1 aromatic heterocycles. The van der Waals surface area contributed by atoms with Crippen molar-refractivity contribution in [1.29, 1.82) is 0 Å². The van der Waals surface area contributed by atoms with Gasteiger partial charge in [0.05, 0.1) is 12.3 Å². The number of fused-ring (bicyclic) bond motifs is 1. The van der Waals surface area contributed by atoms with Gasteiger partial charge in [-0.2, -0.15) is 5.10 Å². The van der Waals surface area contributed by atoms with Crippen LogP contribution in [0.3, 0.4) is 0 Å². The van der Waals surface area contributed by atoms with Crippen molar-refractivity contribution < 1.29 is 14.3 Å². The van der Waals surface area contributed by atoms with Crippen LogP contribution in [0.25, 0.3) is 0 Å². The van der Waals surface area contributed by atoms with E-state index in [0.717, 1.165) is 22.6 Å². The minimum Gasteiger partial charge on any atom is -0.490 e. The van der Waals surface area contributed by atoms with E-state index >= 15 is 0 Å². The number of aryl methyl sites for hydroxylation is 2. The Morgan fingerprint density at radius 1 is 1.40 bits per heavy atom. The first-order chi connectivity index (χ1) is 12.0. The third-order valence-corrected chi connectivity index (χ3v) is 4.25. The van der Waals surface area contributed by atoms with Gasteiger partial charge in [0.1, 0.15) is 12.4 Å². The average molecular weight is 339 g/mol. The molecule has 0 spiro atoms. The van der Waals surface area contributed by atoms with Gasteiger partial charge in [-0.1, -0.05) is 12.0 Å². The zero-order chi connectivity index (χ0) is 18.0. The second-order valence-corrected chi connectivity index (χ2v) is 5.91. The van der Waals surface area contributed by atoms with E-state index in [-0.39, 0.29) is 18.4 Å². The lowest BCUT2D eigenvalue weighted by atomic mass is 9.85. The molecule has 0 saturated heterocycles. The molecule has 1 N–H and O–H groups in total. The van der Waals surface area contributed by atoms with E-state index in [9.17, 15) is 4.79 Å². The Balaban J connectivity index is 2.03. The number of nitrogens with zero attached hydrogens (tertiary/aromatic N) is 2. The molecule has 0 radical (unpaired) electrons. The van der Waals surface area contributed by atoms with Crippen molar-refractivity contribution in [3.63, 3.8) is 0 Å². The van der Waals surface area contributed by atoms with Crippen molar-refractivity contribution in [3.8, 4) is 23.8 Å². The van der Waals surface area contributed by atoms with E-state index in [2.05, 4.69) is 16.3 Å². The quantitative estimate of drug-likeness (QED) is 0.851. The standard InChI is InChI=1S/C19H21N3O3/c1-5-9-25-15-8-7-13(10-16(15)24-6-2)14-11-17(23)20-19-18(14)12(3)21-22(19)4/h1,7-8,10,14H,6,9,11H2,2-4H3,(H,20,23). The van der Waals surface area contributed by atoms with E-state index in [0.29, 0.717) is 24.5 Å². The number of hydrogen-bond donors (Lipinski definition) is 1. The predicted octanol–water partition coefficient (Wildman–Crippen LogP) is 2.61. The number of terminal acetylenes is 1. The Kier molecular flexibility index (Phi) is 4.66. The van der Waals surface area contributed by atoms with Gasteiger partial charge in [-0.25, -0.2) is 0 Å². The predicted molar refractivity (Wildman–Crippen MR) is 95.0 cm³/mol. The number of hydrogen-bond acceptors (Lipinski definition) is 4. The summed E-state index contributed by atoms with van der Waals surface area (Å²) < 4.78 is 13.0. The van der Waals surface area contributed by atoms with Gasteiger partial charge in [0.25, 0.3) is 0 Å². The minimum atomic E-state index is -0.0710. The van der Waals surface area contributed by atoms with Gasteiger partial charge >= 0.3 is 0 Å². The summed E-state index contributed by atoms with van der Waals surface area (Å²) in [7, 11) is 1.83. The van der Waals surface area contributed by atoms with Crippen molar-refractivity contribution >= 4 is 11.7 Å². The maximum Gasteiger partial charge on any atom is 0.226 e. The molecule has 1 unspecified atom stereocenters. The summed E-state index contributed by atoms with van der Waals surface area (Å²) in [6.07, 6.45) is 5.64.